The van der Waals surface area contributed by atoms with Crippen LogP contribution >= 0.6 is 0 Å². The molecule has 1 aliphatic heterocycles. The van der Waals surface area contributed by atoms with Crippen LogP contribution in [0.15, 0.2) is 30.6 Å². The van der Waals surface area contributed by atoms with Crippen LogP contribution in [0.1, 0.15) is 32.4 Å². The molecule has 1 saturated heterocycles. The quantitative estimate of drug-likeness (QED) is 0.834. The van der Waals surface area contributed by atoms with Crippen molar-refractivity contribution in [2.45, 2.75) is 38.4 Å². The fraction of sp³-hybridized carbons (Fsp3) is 0.500. The summed E-state index contributed by atoms with van der Waals surface area (Å²) in [5.41, 5.74) is 1.77. The van der Waals surface area contributed by atoms with E-state index in [9.17, 15) is 8.42 Å². The maximum Gasteiger partial charge on any atom is 0.161 e. The van der Waals surface area contributed by atoms with Crippen LogP contribution < -0.4 is 4.90 Å². The van der Waals surface area contributed by atoms with Crippen molar-refractivity contribution in [3.8, 4) is 11.4 Å². The topological polar surface area (TPSA) is 76.1 Å². The number of anilines is 1. The highest BCUT2D eigenvalue weighted by Gasteiger charge is 2.45. The van der Waals surface area contributed by atoms with E-state index in [1.807, 2.05) is 39.0 Å². The van der Waals surface area contributed by atoms with Gasteiger partial charge in [-0.3, -0.25) is 4.98 Å². The van der Waals surface area contributed by atoms with Crippen molar-refractivity contribution in [2.24, 2.45) is 0 Å². The summed E-state index contributed by atoms with van der Waals surface area (Å²) in [7, 11) is -3.09. The Labute approximate surface area is 149 Å². The third-order valence-corrected chi connectivity index (χ3v) is 7.91. The smallest absolute Gasteiger partial charge is 0.161 e. The Morgan fingerprint density at radius 1 is 1.16 bits per heavy atom. The van der Waals surface area contributed by atoms with E-state index in [1.54, 1.807) is 12.4 Å². The zero-order valence-corrected chi connectivity index (χ0v) is 15.8. The van der Waals surface area contributed by atoms with E-state index in [1.165, 1.54) is 0 Å². The van der Waals surface area contributed by atoms with Gasteiger partial charge in [-0.05, 0) is 31.9 Å². The average Bonchev–Trinajstić information content (AvgIpc) is 2.62. The van der Waals surface area contributed by atoms with Gasteiger partial charge in [-0.15, -0.1) is 0 Å². The van der Waals surface area contributed by atoms with E-state index in [0.717, 1.165) is 17.1 Å². The monoisotopic (exact) mass is 360 g/mol. The fourth-order valence-electron chi connectivity index (χ4n) is 3.43. The van der Waals surface area contributed by atoms with Gasteiger partial charge in [0.05, 0.1) is 10.5 Å². The lowest BCUT2D eigenvalue weighted by Crippen LogP contribution is -2.56. The lowest BCUT2D eigenvalue weighted by molar-refractivity contribution is 0.457. The molecular weight excluding hydrogens is 336 g/mol. The molecule has 3 heterocycles. The second kappa shape index (κ2) is 6.71. The van der Waals surface area contributed by atoms with E-state index >= 15 is 0 Å². The first kappa shape index (κ1) is 17.8. The Bertz CT molecular complexity index is 849. The molecule has 134 valence electrons. The highest BCUT2D eigenvalue weighted by Crippen LogP contribution is 2.33. The molecule has 25 heavy (non-hydrogen) atoms. The van der Waals surface area contributed by atoms with E-state index < -0.39 is 14.6 Å². The summed E-state index contributed by atoms with van der Waals surface area (Å²) in [5, 5.41) is 0. The second-order valence-corrected chi connectivity index (χ2v) is 9.06. The van der Waals surface area contributed by atoms with Crippen molar-refractivity contribution in [3.05, 3.63) is 36.3 Å². The van der Waals surface area contributed by atoms with Crippen LogP contribution in [0, 0.1) is 6.92 Å². The average molecular weight is 360 g/mol. The molecule has 7 heteroatoms. The van der Waals surface area contributed by atoms with Gasteiger partial charge in [0.1, 0.15) is 5.82 Å². The molecule has 1 aliphatic rings. The molecule has 0 atom stereocenters. The van der Waals surface area contributed by atoms with Crippen molar-refractivity contribution in [3.63, 3.8) is 0 Å². The van der Waals surface area contributed by atoms with E-state index in [2.05, 4.69) is 14.9 Å². The Balaban J connectivity index is 1.99. The van der Waals surface area contributed by atoms with Crippen LogP contribution in [-0.4, -0.2) is 47.0 Å². The van der Waals surface area contributed by atoms with Gasteiger partial charge in [-0.1, -0.05) is 13.8 Å². The third-order valence-electron chi connectivity index (χ3n) is 5.16. The fourth-order valence-corrected chi connectivity index (χ4v) is 5.55. The zero-order chi connectivity index (χ0) is 18.1. The molecule has 6 nitrogen and oxygen atoms in total. The number of hydrogen-bond donors (Lipinski definition) is 0. The molecule has 1 fully saturated rings. The van der Waals surface area contributed by atoms with Gasteiger partial charge in [0.25, 0.3) is 0 Å². The van der Waals surface area contributed by atoms with Gasteiger partial charge in [0, 0.05) is 42.8 Å². The van der Waals surface area contributed by atoms with Crippen molar-refractivity contribution in [1.82, 2.24) is 15.0 Å². The van der Waals surface area contributed by atoms with E-state index in [-0.39, 0.29) is 5.75 Å². The Kier molecular flexibility index (Phi) is 4.77. The largest absolute Gasteiger partial charge is 0.354 e. The second-order valence-electron chi connectivity index (χ2n) is 6.56. The Morgan fingerprint density at radius 2 is 1.84 bits per heavy atom. The molecule has 0 spiro atoms. The van der Waals surface area contributed by atoms with Gasteiger partial charge < -0.3 is 4.90 Å². The lowest BCUT2D eigenvalue weighted by Gasteiger charge is -2.42. The zero-order valence-electron chi connectivity index (χ0n) is 14.9. The number of aromatic nitrogens is 3. The van der Waals surface area contributed by atoms with Gasteiger partial charge in [0.2, 0.25) is 0 Å². The normalized spacial score (nSPS) is 18.9. The SMILES string of the molecule is CCC1(CC)CN(c2cc(C)nc(-c3ccncc3)n2)CCS1(=O)=O. The minimum atomic E-state index is -3.09. The van der Waals surface area contributed by atoms with Gasteiger partial charge in [-0.2, -0.15) is 0 Å². The van der Waals surface area contributed by atoms with Crippen molar-refractivity contribution < 1.29 is 8.42 Å². The predicted molar refractivity (Wildman–Crippen MR) is 99.3 cm³/mol. The minimum Gasteiger partial charge on any atom is -0.354 e. The van der Waals surface area contributed by atoms with Crippen LogP contribution in [0.5, 0.6) is 0 Å². The predicted octanol–water partition coefficient (Wildman–Crippen LogP) is 2.64. The molecule has 2 aromatic heterocycles. The Morgan fingerprint density at radius 3 is 2.48 bits per heavy atom. The number of aryl methyl sites for hydroxylation is 1. The molecule has 0 radical (unpaired) electrons. The number of nitrogens with zero attached hydrogens (tertiary/aromatic N) is 4. The summed E-state index contributed by atoms with van der Waals surface area (Å²) in [6.45, 7) is 6.80. The van der Waals surface area contributed by atoms with E-state index in [0.29, 0.717) is 31.8 Å². The highest BCUT2D eigenvalue weighted by molar-refractivity contribution is 7.92. The summed E-state index contributed by atoms with van der Waals surface area (Å²) >= 11 is 0. The van der Waals surface area contributed by atoms with Crippen molar-refractivity contribution >= 4 is 15.7 Å². The maximum atomic E-state index is 12.6. The molecular formula is C18H24N4O2S. The molecule has 0 N–H and O–H groups in total. The number of sulfone groups is 1. The molecule has 0 unspecified atom stereocenters. The third kappa shape index (κ3) is 3.25. The maximum absolute atomic E-state index is 12.6. The number of rotatable bonds is 4. The first-order chi connectivity index (χ1) is 11.9. The molecule has 0 aliphatic carbocycles. The molecule has 0 amide bonds. The first-order valence-electron chi connectivity index (χ1n) is 8.64. The summed E-state index contributed by atoms with van der Waals surface area (Å²) in [5.74, 6) is 1.60. The van der Waals surface area contributed by atoms with Gasteiger partial charge in [-0.25, -0.2) is 18.4 Å². The molecule has 0 aromatic carbocycles. The van der Waals surface area contributed by atoms with Gasteiger partial charge in [0.15, 0.2) is 15.7 Å². The Hall–Kier alpha value is -2.02. The standard InChI is InChI=1S/C18H24N4O2S/c1-4-18(5-2)13-22(10-11-25(18,23)24)16-12-14(3)20-17(21-16)15-6-8-19-9-7-15/h6-9,12H,4-5,10-11,13H2,1-3H3. The number of pyridine rings is 1. The van der Waals surface area contributed by atoms with Crippen LogP contribution in [0.3, 0.4) is 0 Å². The molecule has 3 rings (SSSR count). The van der Waals surface area contributed by atoms with Gasteiger partial charge >= 0.3 is 0 Å². The molecule has 2 aromatic rings. The van der Waals surface area contributed by atoms with Crippen LogP contribution in [-0.2, 0) is 9.84 Å². The summed E-state index contributed by atoms with van der Waals surface area (Å²) in [6.07, 6.45) is 4.66. The minimum absolute atomic E-state index is 0.169. The van der Waals surface area contributed by atoms with Crippen molar-refractivity contribution in [1.29, 1.82) is 0 Å². The highest BCUT2D eigenvalue weighted by atomic mass is 32.2. The summed E-state index contributed by atoms with van der Waals surface area (Å²) < 4.78 is 24.6. The summed E-state index contributed by atoms with van der Waals surface area (Å²) in [6, 6.07) is 5.68. The molecule has 0 saturated carbocycles. The van der Waals surface area contributed by atoms with Crippen LogP contribution in [0.25, 0.3) is 11.4 Å². The first-order valence-corrected chi connectivity index (χ1v) is 10.3. The number of hydrogen-bond acceptors (Lipinski definition) is 6. The molecule has 0 bridgehead atoms. The lowest BCUT2D eigenvalue weighted by atomic mass is 10.0. The van der Waals surface area contributed by atoms with Crippen molar-refractivity contribution in [2.75, 3.05) is 23.7 Å². The van der Waals surface area contributed by atoms with Crippen LogP contribution in [0.4, 0.5) is 5.82 Å². The van der Waals surface area contributed by atoms with Crippen LogP contribution in [0.2, 0.25) is 0 Å². The van der Waals surface area contributed by atoms with E-state index in [4.69, 9.17) is 4.98 Å². The summed E-state index contributed by atoms with van der Waals surface area (Å²) in [4.78, 5) is 15.3.